The van der Waals surface area contributed by atoms with E-state index in [1.165, 1.54) is 44.6 Å². The minimum absolute atomic E-state index is 0.0906. The summed E-state index contributed by atoms with van der Waals surface area (Å²) >= 11 is 0. The molecular weight excluding hydrogens is 382 g/mol. The molecule has 1 aliphatic heterocycles. The number of rotatable bonds is 6. The summed E-state index contributed by atoms with van der Waals surface area (Å²) in [4.78, 5) is 26.6. The summed E-state index contributed by atoms with van der Waals surface area (Å²) in [5, 5.41) is 20.4. The number of nitro groups is 1. The molecule has 1 aromatic rings. The Morgan fingerprint density at radius 3 is 2.23 bits per heavy atom. The van der Waals surface area contributed by atoms with E-state index >= 15 is 0 Å². The molecule has 1 saturated heterocycles. The smallest absolute Gasteiger partial charge is 0.293 e. The van der Waals surface area contributed by atoms with Crippen LogP contribution in [0.5, 0.6) is 0 Å². The van der Waals surface area contributed by atoms with E-state index in [9.17, 15) is 14.9 Å². The molecule has 1 aromatic carbocycles. The Morgan fingerprint density at radius 1 is 1.03 bits per heavy atom. The molecule has 1 heterocycles. The quantitative estimate of drug-likeness (QED) is 0.486. The van der Waals surface area contributed by atoms with Gasteiger partial charge in [-0.3, -0.25) is 19.8 Å². The van der Waals surface area contributed by atoms with Gasteiger partial charge in [0.1, 0.15) is 5.69 Å². The molecule has 3 fully saturated rings. The number of carbonyl (C=O) groups excluding carboxylic acids is 1. The number of likely N-dealkylation sites (tertiary alicyclic amines) is 1. The number of amides is 1. The highest BCUT2D eigenvalue weighted by Crippen LogP contribution is 2.43. The summed E-state index contributed by atoms with van der Waals surface area (Å²) in [6.45, 7) is 1.91. The van der Waals surface area contributed by atoms with Crippen LogP contribution in [0.4, 0.5) is 17.1 Å². The predicted molar refractivity (Wildman–Crippen MR) is 118 cm³/mol. The van der Waals surface area contributed by atoms with E-state index in [-0.39, 0.29) is 17.6 Å². The normalized spacial score (nSPS) is 28.7. The zero-order valence-electron chi connectivity index (χ0n) is 17.9. The molecule has 2 saturated carbocycles. The molecule has 0 unspecified atom stereocenters. The van der Waals surface area contributed by atoms with Gasteiger partial charge in [-0.25, -0.2) is 0 Å². The predicted octanol–water partition coefficient (Wildman–Crippen LogP) is 3.45. The van der Waals surface area contributed by atoms with Gasteiger partial charge in [-0.15, -0.1) is 0 Å². The Bertz CT molecular complexity index is 792. The third kappa shape index (κ3) is 3.97. The molecule has 4 rings (SSSR count). The first-order chi connectivity index (χ1) is 14.5. The van der Waals surface area contributed by atoms with Crippen LogP contribution in [-0.2, 0) is 0 Å². The van der Waals surface area contributed by atoms with Gasteiger partial charge < -0.3 is 16.0 Å². The summed E-state index contributed by atoms with van der Waals surface area (Å²) in [6, 6.07) is 3.76. The second-order valence-electron chi connectivity index (χ2n) is 9.00. The minimum Gasteiger partial charge on any atom is -0.387 e. The van der Waals surface area contributed by atoms with Crippen molar-refractivity contribution in [2.45, 2.75) is 57.0 Å². The standard InChI is InChI=1S/C22H33N5O3/c1-23-18-12-19(24-2)20(27(29)30)11-17(18)22(28)25-16-9-10-26(13-16)21-14-5-3-6-15(21)8-4-7-14/h11-12,14-16,21,23-24H,3-10,13H2,1-2H3,(H,25,28)/t14?,15?,16-,21?/m0/s1. The minimum atomic E-state index is -0.457. The Labute approximate surface area is 177 Å². The SMILES string of the molecule is CNc1cc(NC)c([N+](=O)[O-])cc1C(=O)N[C@H]1CCN(C2C3CCCC2CCC3)C1. The Hall–Kier alpha value is -2.35. The third-order valence-corrected chi connectivity index (χ3v) is 7.36. The van der Waals surface area contributed by atoms with Crippen LogP contribution < -0.4 is 16.0 Å². The van der Waals surface area contributed by atoms with Crippen LogP contribution >= 0.6 is 0 Å². The Kier molecular flexibility index (Phi) is 6.13. The van der Waals surface area contributed by atoms with Crippen molar-refractivity contribution in [3.63, 3.8) is 0 Å². The second kappa shape index (κ2) is 8.79. The molecule has 3 N–H and O–H groups in total. The van der Waals surface area contributed by atoms with Gasteiger partial charge >= 0.3 is 0 Å². The molecule has 0 aromatic heterocycles. The van der Waals surface area contributed by atoms with Crippen LogP contribution in [0, 0.1) is 22.0 Å². The van der Waals surface area contributed by atoms with Gasteiger partial charge in [0.15, 0.2) is 0 Å². The second-order valence-corrected chi connectivity index (χ2v) is 9.00. The van der Waals surface area contributed by atoms with Crippen LogP contribution in [0.3, 0.4) is 0 Å². The number of nitrogens with zero attached hydrogens (tertiary/aromatic N) is 2. The maximum absolute atomic E-state index is 13.0. The number of benzene rings is 1. The summed E-state index contributed by atoms with van der Waals surface area (Å²) in [6.07, 6.45) is 9.07. The van der Waals surface area contributed by atoms with E-state index < -0.39 is 4.92 Å². The van der Waals surface area contributed by atoms with Crippen LogP contribution in [-0.4, -0.2) is 55.0 Å². The van der Waals surface area contributed by atoms with E-state index in [1.807, 2.05) is 0 Å². The van der Waals surface area contributed by atoms with Crippen molar-refractivity contribution in [2.75, 3.05) is 37.8 Å². The molecule has 1 amide bonds. The van der Waals surface area contributed by atoms with Crippen molar-refractivity contribution in [3.8, 4) is 0 Å². The topological polar surface area (TPSA) is 99.5 Å². The van der Waals surface area contributed by atoms with Crippen molar-refractivity contribution < 1.29 is 9.72 Å². The summed E-state index contributed by atoms with van der Waals surface area (Å²) in [7, 11) is 3.35. The number of carbonyl (C=O) groups is 1. The van der Waals surface area contributed by atoms with E-state index in [0.29, 0.717) is 23.0 Å². The fourth-order valence-corrected chi connectivity index (χ4v) is 6.01. The molecule has 3 aliphatic rings. The van der Waals surface area contributed by atoms with Crippen LogP contribution in [0.2, 0.25) is 0 Å². The zero-order valence-corrected chi connectivity index (χ0v) is 17.9. The molecule has 8 nitrogen and oxygen atoms in total. The van der Waals surface area contributed by atoms with E-state index in [4.69, 9.17) is 0 Å². The van der Waals surface area contributed by atoms with Gasteiger partial charge in [-0.1, -0.05) is 12.8 Å². The lowest BCUT2D eigenvalue weighted by atomic mass is 9.68. The summed E-state index contributed by atoms with van der Waals surface area (Å²) < 4.78 is 0. The molecule has 164 valence electrons. The van der Waals surface area contributed by atoms with Gasteiger partial charge in [0.25, 0.3) is 11.6 Å². The van der Waals surface area contributed by atoms with E-state index in [1.54, 1.807) is 20.2 Å². The van der Waals surface area contributed by atoms with Gasteiger partial charge in [-0.2, -0.15) is 0 Å². The number of fused-ring (bicyclic) bond motifs is 2. The molecule has 2 bridgehead atoms. The highest BCUT2D eigenvalue weighted by atomic mass is 16.6. The zero-order chi connectivity index (χ0) is 21.3. The highest BCUT2D eigenvalue weighted by Gasteiger charge is 2.42. The molecular formula is C22H33N5O3. The van der Waals surface area contributed by atoms with E-state index in [0.717, 1.165) is 31.3 Å². The monoisotopic (exact) mass is 415 g/mol. The number of nitrogens with one attached hydrogen (secondary N) is 3. The number of nitro benzene ring substituents is 1. The lowest BCUT2D eigenvalue weighted by Crippen LogP contribution is -2.50. The van der Waals surface area contributed by atoms with Gasteiger partial charge in [0.05, 0.1) is 10.5 Å². The first-order valence-corrected chi connectivity index (χ1v) is 11.2. The average Bonchev–Trinajstić information content (AvgIpc) is 3.20. The fourth-order valence-electron chi connectivity index (χ4n) is 6.01. The van der Waals surface area contributed by atoms with E-state index in [2.05, 4.69) is 20.9 Å². The number of hydrogen-bond donors (Lipinski definition) is 3. The summed E-state index contributed by atoms with van der Waals surface area (Å²) in [5.74, 6) is 1.39. The Balaban J connectivity index is 1.46. The lowest BCUT2D eigenvalue weighted by Gasteiger charge is -2.47. The first-order valence-electron chi connectivity index (χ1n) is 11.2. The summed E-state index contributed by atoms with van der Waals surface area (Å²) in [5.41, 5.74) is 1.19. The van der Waals surface area contributed by atoms with Gasteiger partial charge in [0, 0.05) is 51.0 Å². The van der Waals surface area contributed by atoms with Gasteiger partial charge in [0.2, 0.25) is 0 Å². The largest absolute Gasteiger partial charge is 0.387 e. The van der Waals surface area contributed by atoms with Crippen molar-refractivity contribution in [1.29, 1.82) is 0 Å². The Morgan fingerprint density at radius 2 is 1.67 bits per heavy atom. The molecule has 0 radical (unpaired) electrons. The van der Waals surface area contributed by atoms with Crippen molar-refractivity contribution in [3.05, 3.63) is 27.8 Å². The van der Waals surface area contributed by atoms with Crippen molar-refractivity contribution in [2.24, 2.45) is 11.8 Å². The fraction of sp³-hybridized carbons (Fsp3) is 0.682. The van der Waals surface area contributed by atoms with Crippen molar-refractivity contribution in [1.82, 2.24) is 10.2 Å². The molecule has 8 heteroatoms. The average molecular weight is 416 g/mol. The molecule has 2 aliphatic carbocycles. The number of anilines is 2. The first kappa shape index (κ1) is 20.9. The number of hydrogen-bond acceptors (Lipinski definition) is 6. The van der Waals surface area contributed by atoms with Crippen molar-refractivity contribution >= 4 is 23.0 Å². The third-order valence-electron chi connectivity index (χ3n) is 7.36. The van der Waals surface area contributed by atoms with Gasteiger partial charge in [-0.05, 0) is 50.0 Å². The lowest BCUT2D eigenvalue weighted by molar-refractivity contribution is -0.383. The molecule has 1 atom stereocenters. The maximum Gasteiger partial charge on any atom is 0.293 e. The maximum atomic E-state index is 13.0. The van der Waals surface area contributed by atoms with Crippen LogP contribution in [0.25, 0.3) is 0 Å². The van der Waals surface area contributed by atoms with Crippen LogP contribution in [0.15, 0.2) is 12.1 Å². The molecule has 30 heavy (non-hydrogen) atoms. The highest BCUT2D eigenvalue weighted by molar-refractivity contribution is 6.01. The molecule has 0 spiro atoms. The van der Waals surface area contributed by atoms with Crippen LogP contribution in [0.1, 0.15) is 55.3 Å².